The van der Waals surface area contributed by atoms with Gasteiger partial charge in [-0.05, 0) is 18.1 Å². The van der Waals surface area contributed by atoms with Crippen molar-refractivity contribution in [2.24, 2.45) is 5.92 Å². The molecular weight excluding hydrogens is 228 g/mol. The van der Waals surface area contributed by atoms with E-state index in [1.54, 1.807) is 6.07 Å². The minimum Gasteiger partial charge on any atom is -0.394 e. The molecule has 88 valence electrons. The largest absolute Gasteiger partial charge is 0.394 e. The van der Waals surface area contributed by atoms with Gasteiger partial charge in [0.05, 0.1) is 12.6 Å². The normalized spacial score (nSPS) is 12.6. The quantitative estimate of drug-likeness (QED) is 0.787. The fourth-order valence-corrected chi connectivity index (χ4v) is 1.39. The maximum atomic E-state index is 11.8. The van der Waals surface area contributed by atoms with E-state index >= 15 is 0 Å². The monoisotopic (exact) mass is 242 g/mol. The number of nitrogens with one attached hydrogen (secondary N) is 1. The van der Waals surface area contributed by atoms with Crippen molar-refractivity contribution in [2.45, 2.75) is 19.9 Å². The number of aliphatic hydroxyl groups is 1. The molecule has 1 aromatic rings. The Morgan fingerprint density at radius 2 is 2.31 bits per heavy atom. The van der Waals surface area contributed by atoms with Crippen molar-refractivity contribution in [1.29, 1.82) is 0 Å². The summed E-state index contributed by atoms with van der Waals surface area (Å²) in [5, 5.41) is 12.1. The molecule has 1 atom stereocenters. The molecule has 0 radical (unpaired) electrons. The fourth-order valence-electron chi connectivity index (χ4n) is 1.22. The zero-order valence-electron chi connectivity index (χ0n) is 9.27. The zero-order valence-corrected chi connectivity index (χ0v) is 10.0. The Morgan fingerprint density at radius 3 is 2.81 bits per heavy atom. The topological polar surface area (TPSA) is 62.2 Å². The second-order valence-electron chi connectivity index (χ2n) is 3.87. The average molecular weight is 243 g/mol. The predicted molar refractivity (Wildman–Crippen MR) is 62.4 cm³/mol. The second-order valence-corrected chi connectivity index (χ2v) is 4.26. The maximum absolute atomic E-state index is 11.8. The van der Waals surface area contributed by atoms with Crippen LogP contribution in [0.2, 0.25) is 5.15 Å². The van der Waals surface area contributed by atoms with Gasteiger partial charge in [-0.1, -0.05) is 25.4 Å². The van der Waals surface area contributed by atoms with Crippen LogP contribution in [-0.4, -0.2) is 28.6 Å². The number of rotatable bonds is 4. The van der Waals surface area contributed by atoms with Gasteiger partial charge in [0.25, 0.3) is 5.91 Å². The number of carbonyl (C=O) groups is 1. The highest BCUT2D eigenvalue weighted by atomic mass is 35.5. The van der Waals surface area contributed by atoms with E-state index in [-0.39, 0.29) is 29.6 Å². The summed E-state index contributed by atoms with van der Waals surface area (Å²) >= 11 is 5.68. The Bertz CT molecular complexity index is 369. The molecule has 0 bridgehead atoms. The van der Waals surface area contributed by atoms with E-state index in [0.717, 1.165) is 0 Å². The van der Waals surface area contributed by atoms with Crippen molar-refractivity contribution in [3.05, 3.63) is 29.0 Å². The third kappa shape index (κ3) is 3.47. The predicted octanol–water partition coefficient (Wildman–Crippen LogP) is 1.48. The summed E-state index contributed by atoms with van der Waals surface area (Å²) in [6, 6.07) is 2.82. The van der Waals surface area contributed by atoms with E-state index in [4.69, 9.17) is 16.7 Å². The van der Waals surface area contributed by atoms with Crippen LogP contribution in [0.1, 0.15) is 24.2 Å². The molecule has 1 rings (SSSR count). The van der Waals surface area contributed by atoms with Gasteiger partial charge in [0.1, 0.15) is 5.15 Å². The molecule has 1 amide bonds. The molecule has 0 aliphatic carbocycles. The molecule has 0 spiro atoms. The van der Waals surface area contributed by atoms with E-state index in [2.05, 4.69) is 10.3 Å². The van der Waals surface area contributed by atoms with Crippen molar-refractivity contribution in [3.63, 3.8) is 0 Å². The summed E-state index contributed by atoms with van der Waals surface area (Å²) in [4.78, 5) is 15.6. The smallest absolute Gasteiger partial charge is 0.251 e. The van der Waals surface area contributed by atoms with Crippen LogP contribution in [-0.2, 0) is 0 Å². The van der Waals surface area contributed by atoms with Crippen molar-refractivity contribution >= 4 is 17.5 Å². The molecule has 0 saturated carbocycles. The third-order valence-corrected chi connectivity index (χ3v) is 2.51. The number of hydrogen-bond acceptors (Lipinski definition) is 3. The number of aliphatic hydroxyl groups excluding tert-OH is 1. The molecule has 1 aromatic heterocycles. The lowest BCUT2D eigenvalue weighted by Gasteiger charge is -2.19. The first-order chi connectivity index (χ1) is 7.54. The highest BCUT2D eigenvalue weighted by Gasteiger charge is 2.16. The molecule has 0 saturated heterocycles. The molecule has 0 aliphatic rings. The van der Waals surface area contributed by atoms with Gasteiger partial charge in [-0.2, -0.15) is 0 Å². The average Bonchev–Trinajstić information content (AvgIpc) is 2.25. The van der Waals surface area contributed by atoms with Gasteiger partial charge in [-0.15, -0.1) is 0 Å². The van der Waals surface area contributed by atoms with Gasteiger partial charge < -0.3 is 10.4 Å². The number of carbonyl (C=O) groups excluding carboxylic acids is 1. The number of halogens is 1. The van der Waals surface area contributed by atoms with E-state index in [9.17, 15) is 4.79 Å². The Morgan fingerprint density at radius 1 is 1.62 bits per heavy atom. The highest BCUT2D eigenvalue weighted by Crippen LogP contribution is 2.08. The molecule has 0 aliphatic heterocycles. The minimum atomic E-state index is -0.253. The summed E-state index contributed by atoms with van der Waals surface area (Å²) in [5.74, 6) is -0.0803. The summed E-state index contributed by atoms with van der Waals surface area (Å²) in [5.41, 5.74) is 0.444. The Labute approximate surface area is 99.6 Å². The number of nitrogens with zero attached hydrogens (tertiary/aromatic N) is 1. The summed E-state index contributed by atoms with van der Waals surface area (Å²) in [7, 11) is 0. The molecule has 2 N–H and O–H groups in total. The highest BCUT2D eigenvalue weighted by molar-refractivity contribution is 6.29. The van der Waals surface area contributed by atoms with Crippen LogP contribution in [0.5, 0.6) is 0 Å². The Hall–Kier alpha value is -1.13. The van der Waals surface area contributed by atoms with Crippen molar-refractivity contribution < 1.29 is 9.90 Å². The van der Waals surface area contributed by atoms with Crippen LogP contribution in [0, 0.1) is 5.92 Å². The number of amides is 1. The molecule has 5 heteroatoms. The van der Waals surface area contributed by atoms with Gasteiger partial charge in [-0.25, -0.2) is 4.98 Å². The van der Waals surface area contributed by atoms with Crippen LogP contribution in [0.3, 0.4) is 0 Å². The SMILES string of the molecule is CC(C)[C@@H](CO)NC(=O)c1ccnc(Cl)c1. The zero-order chi connectivity index (χ0) is 12.1. The number of hydrogen-bond donors (Lipinski definition) is 2. The summed E-state index contributed by atoms with van der Waals surface area (Å²) in [6.45, 7) is 3.78. The second kappa shape index (κ2) is 5.82. The first kappa shape index (κ1) is 12.9. The number of aromatic nitrogens is 1. The Kier molecular flexibility index (Phi) is 4.71. The summed E-state index contributed by atoms with van der Waals surface area (Å²) in [6.07, 6.45) is 1.47. The first-order valence-electron chi connectivity index (χ1n) is 5.08. The van der Waals surface area contributed by atoms with Gasteiger partial charge in [0.2, 0.25) is 0 Å². The van der Waals surface area contributed by atoms with E-state index in [1.165, 1.54) is 12.3 Å². The number of pyridine rings is 1. The van der Waals surface area contributed by atoms with Crippen molar-refractivity contribution in [3.8, 4) is 0 Å². The fraction of sp³-hybridized carbons (Fsp3) is 0.455. The van der Waals surface area contributed by atoms with Crippen molar-refractivity contribution in [1.82, 2.24) is 10.3 Å². The maximum Gasteiger partial charge on any atom is 0.251 e. The lowest BCUT2D eigenvalue weighted by Crippen LogP contribution is -2.41. The Balaban J connectivity index is 2.72. The lowest BCUT2D eigenvalue weighted by atomic mass is 10.1. The first-order valence-corrected chi connectivity index (χ1v) is 5.45. The van der Waals surface area contributed by atoms with Crippen molar-refractivity contribution in [2.75, 3.05) is 6.61 Å². The summed E-state index contributed by atoms with van der Waals surface area (Å²) < 4.78 is 0. The molecular formula is C11H15ClN2O2. The van der Waals surface area contributed by atoms with Gasteiger partial charge in [0.15, 0.2) is 0 Å². The van der Waals surface area contributed by atoms with Crippen LogP contribution >= 0.6 is 11.6 Å². The van der Waals surface area contributed by atoms with E-state index < -0.39 is 0 Å². The van der Waals surface area contributed by atoms with E-state index in [0.29, 0.717) is 5.56 Å². The molecule has 16 heavy (non-hydrogen) atoms. The molecule has 4 nitrogen and oxygen atoms in total. The van der Waals surface area contributed by atoms with Crippen LogP contribution in [0.4, 0.5) is 0 Å². The molecule has 0 fully saturated rings. The molecule has 0 unspecified atom stereocenters. The standard InChI is InChI=1S/C11H15ClN2O2/c1-7(2)9(6-15)14-11(16)8-3-4-13-10(12)5-8/h3-5,7,9,15H,6H2,1-2H3,(H,14,16)/t9-/m1/s1. The van der Waals surface area contributed by atoms with Gasteiger partial charge in [-0.3, -0.25) is 4.79 Å². The molecule has 0 aromatic carbocycles. The van der Waals surface area contributed by atoms with Crippen LogP contribution in [0.25, 0.3) is 0 Å². The van der Waals surface area contributed by atoms with Gasteiger partial charge in [0, 0.05) is 11.8 Å². The minimum absolute atomic E-state index is 0.0811. The molecule has 1 heterocycles. The lowest BCUT2D eigenvalue weighted by molar-refractivity contribution is 0.0897. The van der Waals surface area contributed by atoms with Crippen LogP contribution < -0.4 is 5.32 Å². The third-order valence-electron chi connectivity index (χ3n) is 2.31. The van der Waals surface area contributed by atoms with Gasteiger partial charge >= 0.3 is 0 Å². The van der Waals surface area contributed by atoms with E-state index in [1.807, 2.05) is 13.8 Å². The van der Waals surface area contributed by atoms with Crippen LogP contribution in [0.15, 0.2) is 18.3 Å².